The minimum absolute atomic E-state index is 0.0854. The SMILES string of the molecule is COC(=O)C(CC(C)C)NC(=O)CN1CCC(CCN(C)C)CC1. The number of carbonyl (C=O) groups excluding carboxylic acids is 2. The molecule has 0 aromatic carbocycles. The van der Waals surface area contributed by atoms with Gasteiger partial charge in [0.1, 0.15) is 6.04 Å². The van der Waals surface area contributed by atoms with Crippen molar-refractivity contribution in [1.29, 1.82) is 0 Å². The summed E-state index contributed by atoms with van der Waals surface area (Å²) in [5.41, 5.74) is 0. The van der Waals surface area contributed by atoms with Gasteiger partial charge in [-0.05, 0) is 71.2 Å². The first kappa shape index (κ1) is 20.9. The van der Waals surface area contributed by atoms with Crippen molar-refractivity contribution in [3.8, 4) is 0 Å². The molecule has 140 valence electrons. The number of hydrogen-bond donors (Lipinski definition) is 1. The number of ether oxygens (including phenoxy) is 1. The van der Waals surface area contributed by atoms with Crippen molar-refractivity contribution in [2.24, 2.45) is 11.8 Å². The molecule has 1 N–H and O–H groups in total. The van der Waals surface area contributed by atoms with Crippen LogP contribution in [0, 0.1) is 11.8 Å². The molecule has 6 nitrogen and oxygen atoms in total. The summed E-state index contributed by atoms with van der Waals surface area (Å²) in [6.45, 7) is 7.46. The molecule has 0 aliphatic carbocycles. The van der Waals surface area contributed by atoms with Crippen LogP contribution in [0.5, 0.6) is 0 Å². The van der Waals surface area contributed by atoms with Crippen molar-refractivity contribution in [3.63, 3.8) is 0 Å². The smallest absolute Gasteiger partial charge is 0.328 e. The summed E-state index contributed by atoms with van der Waals surface area (Å²) in [6.07, 6.45) is 4.12. The van der Waals surface area contributed by atoms with E-state index in [1.165, 1.54) is 13.5 Å². The van der Waals surface area contributed by atoms with E-state index < -0.39 is 6.04 Å². The van der Waals surface area contributed by atoms with Gasteiger partial charge in [0.2, 0.25) is 5.91 Å². The van der Waals surface area contributed by atoms with Crippen molar-refractivity contribution in [3.05, 3.63) is 0 Å². The number of amides is 1. The Hall–Kier alpha value is -1.14. The summed E-state index contributed by atoms with van der Waals surface area (Å²) in [5, 5.41) is 2.84. The van der Waals surface area contributed by atoms with Crippen molar-refractivity contribution in [2.75, 3.05) is 47.4 Å². The third kappa shape index (κ3) is 8.11. The molecule has 0 aromatic rings. The molecule has 1 saturated heterocycles. The Morgan fingerprint density at radius 3 is 2.38 bits per heavy atom. The molecule has 1 aliphatic heterocycles. The van der Waals surface area contributed by atoms with Crippen LogP contribution in [0.2, 0.25) is 0 Å². The maximum atomic E-state index is 12.3. The highest BCUT2D eigenvalue weighted by Gasteiger charge is 2.25. The second-order valence-electron chi connectivity index (χ2n) is 7.58. The van der Waals surface area contributed by atoms with E-state index in [2.05, 4.69) is 29.2 Å². The first-order valence-corrected chi connectivity index (χ1v) is 9.06. The van der Waals surface area contributed by atoms with Gasteiger partial charge in [-0.1, -0.05) is 13.8 Å². The molecule has 0 spiro atoms. The lowest BCUT2D eigenvalue weighted by molar-refractivity contribution is -0.145. The molecule has 6 heteroatoms. The third-order valence-corrected chi connectivity index (χ3v) is 4.59. The zero-order valence-electron chi connectivity index (χ0n) is 16.0. The molecule has 1 atom stereocenters. The van der Waals surface area contributed by atoms with Gasteiger partial charge in [-0.25, -0.2) is 4.79 Å². The Morgan fingerprint density at radius 1 is 1.25 bits per heavy atom. The summed E-state index contributed by atoms with van der Waals surface area (Å²) >= 11 is 0. The summed E-state index contributed by atoms with van der Waals surface area (Å²) in [7, 11) is 5.57. The largest absolute Gasteiger partial charge is 0.467 e. The molecule has 1 amide bonds. The van der Waals surface area contributed by atoms with E-state index in [1.807, 2.05) is 13.8 Å². The van der Waals surface area contributed by atoms with Crippen molar-refractivity contribution in [1.82, 2.24) is 15.1 Å². The highest BCUT2D eigenvalue weighted by molar-refractivity contribution is 5.85. The van der Waals surface area contributed by atoms with E-state index in [9.17, 15) is 9.59 Å². The zero-order valence-corrected chi connectivity index (χ0v) is 16.0. The minimum Gasteiger partial charge on any atom is -0.467 e. The fourth-order valence-electron chi connectivity index (χ4n) is 3.14. The predicted octanol–water partition coefficient (Wildman–Crippen LogP) is 1.35. The van der Waals surface area contributed by atoms with Crippen LogP contribution in [-0.2, 0) is 14.3 Å². The highest BCUT2D eigenvalue weighted by Crippen LogP contribution is 2.20. The lowest BCUT2D eigenvalue weighted by Crippen LogP contribution is -2.48. The van der Waals surface area contributed by atoms with Crippen molar-refractivity contribution in [2.45, 2.75) is 45.6 Å². The Morgan fingerprint density at radius 2 is 1.88 bits per heavy atom. The summed E-state index contributed by atoms with van der Waals surface area (Å²) < 4.78 is 4.79. The lowest BCUT2D eigenvalue weighted by Gasteiger charge is -2.32. The Labute approximate surface area is 146 Å². The normalized spacial score (nSPS) is 18.0. The summed E-state index contributed by atoms with van der Waals surface area (Å²) in [6, 6.07) is -0.542. The first-order chi connectivity index (χ1) is 11.3. The summed E-state index contributed by atoms with van der Waals surface area (Å²) in [4.78, 5) is 28.5. The number of carbonyl (C=O) groups is 2. The van der Waals surface area contributed by atoms with Gasteiger partial charge in [0, 0.05) is 0 Å². The molecule has 0 aromatic heterocycles. The molecule has 0 radical (unpaired) electrons. The molecule has 0 bridgehead atoms. The molecule has 1 aliphatic rings. The molecule has 24 heavy (non-hydrogen) atoms. The van der Waals surface area contributed by atoms with Gasteiger partial charge in [-0.2, -0.15) is 0 Å². The maximum Gasteiger partial charge on any atom is 0.328 e. The second-order valence-corrected chi connectivity index (χ2v) is 7.58. The number of methoxy groups -OCH3 is 1. The van der Waals surface area contributed by atoms with Gasteiger partial charge >= 0.3 is 5.97 Å². The Kier molecular flexibility index (Phi) is 9.29. The van der Waals surface area contributed by atoms with E-state index in [4.69, 9.17) is 4.74 Å². The Bertz CT molecular complexity index is 391. The maximum absolute atomic E-state index is 12.3. The van der Waals surface area contributed by atoms with Gasteiger partial charge in [0.25, 0.3) is 0 Å². The van der Waals surface area contributed by atoms with E-state index in [0.29, 0.717) is 18.9 Å². The van der Waals surface area contributed by atoms with E-state index in [-0.39, 0.29) is 11.9 Å². The van der Waals surface area contributed by atoms with Crippen LogP contribution in [0.1, 0.15) is 39.5 Å². The second kappa shape index (κ2) is 10.7. The number of nitrogens with zero attached hydrogens (tertiary/aromatic N) is 2. The van der Waals surface area contributed by atoms with Crippen LogP contribution in [0.3, 0.4) is 0 Å². The number of likely N-dealkylation sites (tertiary alicyclic amines) is 1. The van der Waals surface area contributed by atoms with Gasteiger partial charge in [-0.15, -0.1) is 0 Å². The number of esters is 1. The summed E-state index contributed by atoms with van der Waals surface area (Å²) in [5.74, 6) is 0.634. The number of rotatable bonds is 9. The number of piperidine rings is 1. The average Bonchev–Trinajstić information content (AvgIpc) is 2.52. The van der Waals surface area contributed by atoms with E-state index in [1.54, 1.807) is 0 Å². The standard InChI is InChI=1S/C18H35N3O3/c1-14(2)12-16(18(23)24-5)19-17(22)13-21-10-7-15(8-11-21)6-9-20(3)4/h14-16H,6-13H2,1-5H3,(H,19,22). The topological polar surface area (TPSA) is 61.9 Å². The quantitative estimate of drug-likeness (QED) is 0.642. The van der Waals surface area contributed by atoms with Gasteiger partial charge in [0.05, 0.1) is 13.7 Å². The molecule has 0 saturated carbocycles. The molecular weight excluding hydrogens is 306 g/mol. The molecule has 1 heterocycles. The number of nitrogens with one attached hydrogen (secondary N) is 1. The average molecular weight is 341 g/mol. The van der Waals surface area contributed by atoms with Crippen LogP contribution < -0.4 is 5.32 Å². The van der Waals surface area contributed by atoms with Crippen LogP contribution in [0.15, 0.2) is 0 Å². The fourth-order valence-corrected chi connectivity index (χ4v) is 3.14. The van der Waals surface area contributed by atoms with E-state index >= 15 is 0 Å². The number of hydrogen-bond acceptors (Lipinski definition) is 5. The van der Waals surface area contributed by atoms with Crippen LogP contribution in [0.4, 0.5) is 0 Å². The van der Waals surface area contributed by atoms with Crippen LogP contribution in [-0.4, -0.2) is 75.1 Å². The van der Waals surface area contributed by atoms with Crippen molar-refractivity contribution >= 4 is 11.9 Å². The minimum atomic E-state index is -0.542. The predicted molar refractivity (Wildman–Crippen MR) is 95.7 cm³/mol. The highest BCUT2D eigenvalue weighted by atomic mass is 16.5. The first-order valence-electron chi connectivity index (χ1n) is 9.06. The van der Waals surface area contributed by atoms with Crippen molar-refractivity contribution < 1.29 is 14.3 Å². The monoisotopic (exact) mass is 341 g/mol. The van der Waals surface area contributed by atoms with Crippen LogP contribution in [0.25, 0.3) is 0 Å². The Balaban J connectivity index is 2.35. The third-order valence-electron chi connectivity index (χ3n) is 4.59. The fraction of sp³-hybridized carbons (Fsp3) is 0.889. The molecular formula is C18H35N3O3. The van der Waals surface area contributed by atoms with Gasteiger partial charge in [0.15, 0.2) is 0 Å². The van der Waals surface area contributed by atoms with Gasteiger partial charge < -0.3 is 15.0 Å². The van der Waals surface area contributed by atoms with Crippen LogP contribution >= 0.6 is 0 Å². The molecule has 1 unspecified atom stereocenters. The zero-order chi connectivity index (χ0) is 18.1. The van der Waals surface area contributed by atoms with Gasteiger partial charge in [-0.3, -0.25) is 9.69 Å². The van der Waals surface area contributed by atoms with E-state index in [0.717, 1.165) is 38.4 Å². The molecule has 1 fully saturated rings. The molecule has 1 rings (SSSR count). The lowest BCUT2D eigenvalue weighted by atomic mass is 9.93.